The van der Waals surface area contributed by atoms with E-state index in [2.05, 4.69) is 22.9 Å². The first-order valence-corrected chi connectivity index (χ1v) is 7.90. The maximum absolute atomic E-state index is 12.0. The molecule has 1 atom stereocenters. The molecule has 0 bridgehead atoms. The van der Waals surface area contributed by atoms with Crippen LogP contribution in [-0.4, -0.2) is 53.1 Å². The van der Waals surface area contributed by atoms with Crippen LogP contribution in [0.25, 0.3) is 0 Å². The minimum absolute atomic E-state index is 0.322. The Hall–Kier alpha value is -0.580. The molecule has 1 heterocycles. The van der Waals surface area contributed by atoms with E-state index < -0.39 is 0 Å². The molecule has 1 unspecified atom stereocenters. The second-order valence-corrected chi connectivity index (χ2v) is 5.50. The monoisotopic (exact) mass is 318 g/mol. The number of piperazine rings is 1. The van der Waals surface area contributed by atoms with E-state index in [1.54, 1.807) is 9.80 Å². The van der Waals surface area contributed by atoms with Gasteiger partial charge in [0, 0.05) is 31.5 Å². The van der Waals surface area contributed by atoms with Crippen molar-refractivity contribution in [3.05, 3.63) is 0 Å². The molecule has 1 fully saturated rings. The van der Waals surface area contributed by atoms with Crippen LogP contribution in [0.3, 0.4) is 0 Å². The molecule has 4 nitrogen and oxygen atoms in total. The molecule has 5 heteroatoms. The maximum atomic E-state index is 12.0. The molecular weight excluding hydrogens is 296 g/mol. The number of carbonyl (C=O) groups is 2. The van der Waals surface area contributed by atoms with Gasteiger partial charge in [-0.05, 0) is 18.8 Å². The van der Waals surface area contributed by atoms with Crippen molar-refractivity contribution in [3.8, 4) is 0 Å². The van der Waals surface area contributed by atoms with E-state index in [9.17, 15) is 9.59 Å². The highest BCUT2D eigenvalue weighted by Gasteiger charge is 2.32. The highest BCUT2D eigenvalue weighted by molar-refractivity contribution is 9.09. The molecule has 0 saturated carbocycles. The Morgan fingerprint density at radius 1 is 1.11 bits per heavy atom. The maximum Gasteiger partial charge on any atom is 0.312 e. The minimum Gasteiger partial charge on any atom is -0.333 e. The highest BCUT2D eigenvalue weighted by Crippen LogP contribution is 2.14. The fourth-order valence-electron chi connectivity index (χ4n) is 2.31. The van der Waals surface area contributed by atoms with Gasteiger partial charge in [0.15, 0.2) is 0 Å². The van der Waals surface area contributed by atoms with Crippen LogP contribution in [0.1, 0.15) is 33.1 Å². The van der Waals surface area contributed by atoms with Gasteiger partial charge in [0.25, 0.3) is 0 Å². The number of hydrogen-bond donors (Lipinski definition) is 0. The molecular formula is C13H23BrN2O2. The fourth-order valence-corrected chi connectivity index (χ4v) is 2.84. The predicted octanol–water partition coefficient (Wildman–Crippen LogP) is 1.88. The molecule has 1 rings (SSSR count). The number of amides is 2. The van der Waals surface area contributed by atoms with Crippen molar-refractivity contribution in [2.24, 2.45) is 5.92 Å². The lowest BCUT2D eigenvalue weighted by Gasteiger charge is -2.35. The number of carbonyl (C=O) groups excluding carboxylic acids is 2. The first-order valence-electron chi connectivity index (χ1n) is 6.78. The second kappa shape index (κ2) is 7.77. The van der Waals surface area contributed by atoms with Gasteiger partial charge in [0.2, 0.25) is 0 Å². The van der Waals surface area contributed by atoms with Gasteiger partial charge in [0.05, 0.1) is 0 Å². The molecule has 18 heavy (non-hydrogen) atoms. The third kappa shape index (κ3) is 3.97. The Morgan fingerprint density at radius 2 is 1.72 bits per heavy atom. The lowest BCUT2D eigenvalue weighted by atomic mass is 10.1. The van der Waals surface area contributed by atoms with Crippen LogP contribution in [0.15, 0.2) is 0 Å². The molecule has 1 aliphatic heterocycles. The molecule has 1 aliphatic rings. The average Bonchev–Trinajstić information content (AvgIpc) is 2.37. The van der Waals surface area contributed by atoms with Crippen LogP contribution in [-0.2, 0) is 9.59 Å². The van der Waals surface area contributed by atoms with Crippen molar-refractivity contribution >= 4 is 27.7 Å². The number of hydrogen-bond acceptors (Lipinski definition) is 2. The third-order valence-corrected chi connectivity index (χ3v) is 4.20. The number of nitrogens with zero attached hydrogens (tertiary/aromatic N) is 2. The quantitative estimate of drug-likeness (QED) is 0.531. The molecule has 0 aromatic carbocycles. The van der Waals surface area contributed by atoms with Gasteiger partial charge in [-0.2, -0.15) is 0 Å². The summed E-state index contributed by atoms with van der Waals surface area (Å²) in [7, 11) is 0. The van der Waals surface area contributed by atoms with Gasteiger partial charge >= 0.3 is 11.8 Å². The fraction of sp³-hybridized carbons (Fsp3) is 0.846. The van der Waals surface area contributed by atoms with Crippen LogP contribution in [0.2, 0.25) is 0 Å². The summed E-state index contributed by atoms with van der Waals surface area (Å²) in [6, 6.07) is 0. The molecule has 0 radical (unpaired) electrons. The summed E-state index contributed by atoms with van der Waals surface area (Å²) in [5.41, 5.74) is 0. The van der Waals surface area contributed by atoms with Crippen LogP contribution < -0.4 is 0 Å². The van der Waals surface area contributed by atoms with Gasteiger partial charge < -0.3 is 9.80 Å². The third-order valence-electron chi connectivity index (χ3n) is 3.28. The molecule has 0 aromatic rings. The number of rotatable bonds is 7. The Morgan fingerprint density at radius 3 is 2.28 bits per heavy atom. The zero-order valence-electron chi connectivity index (χ0n) is 11.3. The van der Waals surface area contributed by atoms with Gasteiger partial charge in [-0.1, -0.05) is 36.2 Å². The van der Waals surface area contributed by atoms with E-state index in [0.717, 1.165) is 24.6 Å². The molecule has 2 amide bonds. The summed E-state index contributed by atoms with van der Waals surface area (Å²) < 4.78 is 0. The topological polar surface area (TPSA) is 40.6 Å². The Labute approximate surface area is 118 Å². The molecule has 0 spiro atoms. The first kappa shape index (κ1) is 15.5. The predicted molar refractivity (Wildman–Crippen MR) is 75.6 cm³/mol. The minimum atomic E-state index is -0.326. The van der Waals surface area contributed by atoms with Crippen LogP contribution >= 0.6 is 15.9 Å². The van der Waals surface area contributed by atoms with Gasteiger partial charge in [-0.15, -0.1) is 0 Å². The second-order valence-electron chi connectivity index (χ2n) is 4.85. The van der Waals surface area contributed by atoms with Crippen molar-refractivity contribution in [2.45, 2.75) is 33.1 Å². The van der Waals surface area contributed by atoms with Crippen molar-refractivity contribution in [3.63, 3.8) is 0 Å². The Balaban J connectivity index is 2.54. The van der Waals surface area contributed by atoms with E-state index in [1.807, 2.05) is 6.92 Å². The molecule has 0 aliphatic carbocycles. The van der Waals surface area contributed by atoms with Crippen LogP contribution in [0.4, 0.5) is 0 Å². The Kier molecular flexibility index (Phi) is 6.68. The van der Waals surface area contributed by atoms with E-state index in [1.165, 1.54) is 0 Å². The summed E-state index contributed by atoms with van der Waals surface area (Å²) in [5, 5.41) is 0.886. The normalized spacial score (nSPS) is 18.4. The number of halogens is 1. The molecule has 0 aromatic heterocycles. The van der Waals surface area contributed by atoms with E-state index in [0.29, 0.717) is 32.1 Å². The van der Waals surface area contributed by atoms with Gasteiger partial charge in [-0.3, -0.25) is 9.59 Å². The highest BCUT2D eigenvalue weighted by atomic mass is 79.9. The first-order chi connectivity index (χ1) is 8.63. The summed E-state index contributed by atoms with van der Waals surface area (Å²) in [5.74, 6) is -0.200. The number of alkyl halides is 1. The van der Waals surface area contributed by atoms with Crippen LogP contribution in [0.5, 0.6) is 0 Å². The smallest absolute Gasteiger partial charge is 0.312 e. The standard InChI is InChI=1S/C13H23BrN2O2/c1-3-5-11(9-14)10-16-8-7-15(6-4-2)12(17)13(16)18/h11H,3-10H2,1-2H3. The zero-order valence-corrected chi connectivity index (χ0v) is 12.9. The van der Waals surface area contributed by atoms with E-state index in [-0.39, 0.29) is 11.8 Å². The van der Waals surface area contributed by atoms with E-state index >= 15 is 0 Å². The largest absolute Gasteiger partial charge is 0.333 e. The molecule has 1 saturated heterocycles. The lowest BCUT2D eigenvalue weighted by Crippen LogP contribution is -2.55. The SMILES string of the molecule is CCCC(CBr)CN1CCN(CCC)C(=O)C1=O. The lowest BCUT2D eigenvalue weighted by molar-refractivity contribution is -0.156. The summed E-state index contributed by atoms with van der Waals surface area (Å²) in [4.78, 5) is 27.2. The van der Waals surface area contributed by atoms with Crippen molar-refractivity contribution in [1.82, 2.24) is 9.80 Å². The van der Waals surface area contributed by atoms with Gasteiger partial charge in [-0.25, -0.2) is 0 Å². The molecule has 0 N–H and O–H groups in total. The van der Waals surface area contributed by atoms with E-state index in [4.69, 9.17) is 0 Å². The average molecular weight is 319 g/mol. The van der Waals surface area contributed by atoms with Gasteiger partial charge in [0.1, 0.15) is 0 Å². The summed E-state index contributed by atoms with van der Waals surface area (Å²) >= 11 is 3.48. The van der Waals surface area contributed by atoms with Crippen molar-refractivity contribution in [2.75, 3.05) is 31.5 Å². The Bertz CT molecular complexity index is 297. The zero-order chi connectivity index (χ0) is 13.5. The summed E-state index contributed by atoms with van der Waals surface area (Å²) in [6.45, 7) is 6.91. The molecule has 104 valence electrons. The van der Waals surface area contributed by atoms with Crippen molar-refractivity contribution in [1.29, 1.82) is 0 Å². The van der Waals surface area contributed by atoms with Crippen LogP contribution in [0, 0.1) is 5.92 Å². The summed E-state index contributed by atoms with van der Waals surface area (Å²) in [6.07, 6.45) is 3.09. The van der Waals surface area contributed by atoms with Crippen molar-refractivity contribution < 1.29 is 9.59 Å².